The number of thiocarbonyl (C=S) groups is 1. The molecule has 0 atom stereocenters. The third-order valence-corrected chi connectivity index (χ3v) is 6.56. The van der Waals surface area contributed by atoms with E-state index in [4.69, 9.17) is 39.8 Å². The topological polar surface area (TPSA) is 85.0 Å². The fraction of sp³-hybridized carbons (Fsp3) is 0.111. The van der Waals surface area contributed by atoms with Crippen molar-refractivity contribution < 1.29 is 9.21 Å². The first-order valence-electron chi connectivity index (χ1n) is 11.5. The zero-order valence-corrected chi connectivity index (χ0v) is 22.2. The summed E-state index contributed by atoms with van der Waals surface area (Å²) in [5, 5.41) is 16.0. The molecular formula is C27H21Cl2N5O2S. The summed E-state index contributed by atoms with van der Waals surface area (Å²) in [6, 6.07) is 20.1. The second kappa shape index (κ2) is 10.3. The van der Waals surface area contributed by atoms with Crippen LogP contribution in [0.1, 0.15) is 28.6 Å². The van der Waals surface area contributed by atoms with Gasteiger partial charge in [-0.05, 0) is 91.3 Å². The van der Waals surface area contributed by atoms with Crippen LogP contribution in [-0.2, 0) is 6.42 Å². The van der Waals surface area contributed by atoms with E-state index in [1.807, 2.05) is 31.2 Å². The molecule has 0 bridgehead atoms. The number of benzene rings is 3. The van der Waals surface area contributed by atoms with Crippen LogP contribution in [0, 0.1) is 6.92 Å². The molecule has 0 fully saturated rings. The van der Waals surface area contributed by atoms with Gasteiger partial charge in [-0.15, -0.1) is 10.2 Å². The van der Waals surface area contributed by atoms with Crippen LogP contribution in [0.3, 0.4) is 0 Å². The number of hydrogen-bond donors (Lipinski definition) is 2. The number of aromatic nitrogens is 3. The fourth-order valence-corrected chi connectivity index (χ4v) is 4.50. The number of nitrogens with one attached hydrogen (secondary N) is 2. The Kier molecular flexibility index (Phi) is 6.97. The molecule has 7 nitrogen and oxygen atoms in total. The highest BCUT2D eigenvalue weighted by molar-refractivity contribution is 7.80. The first-order valence-corrected chi connectivity index (χ1v) is 12.6. The van der Waals surface area contributed by atoms with E-state index in [0.29, 0.717) is 32.6 Å². The fourth-order valence-electron chi connectivity index (χ4n) is 3.80. The van der Waals surface area contributed by atoms with Gasteiger partial charge in [-0.25, -0.2) is 0 Å². The van der Waals surface area contributed by atoms with Crippen molar-refractivity contribution >= 4 is 63.2 Å². The number of carbonyl (C=O) groups is 1. The summed E-state index contributed by atoms with van der Waals surface area (Å²) in [5.41, 5.74) is 5.80. The van der Waals surface area contributed by atoms with E-state index in [2.05, 4.69) is 39.9 Å². The van der Waals surface area contributed by atoms with E-state index in [1.54, 1.807) is 35.1 Å². The summed E-state index contributed by atoms with van der Waals surface area (Å²) < 4.78 is 5.70. The maximum Gasteiger partial charge on any atom is 0.293 e. The van der Waals surface area contributed by atoms with Crippen molar-refractivity contribution in [1.82, 2.24) is 20.3 Å². The third-order valence-electron chi connectivity index (χ3n) is 5.80. The molecular weight excluding hydrogens is 529 g/mol. The minimum absolute atomic E-state index is 0.0920. The number of halogens is 2. The van der Waals surface area contributed by atoms with Crippen molar-refractivity contribution in [3.8, 4) is 17.0 Å². The number of nitrogens with zero attached hydrogens (tertiary/aromatic N) is 3. The van der Waals surface area contributed by atoms with E-state index >= 15 is 0 Å². The van der Waals surface area contributed by atoms with Crippen molar-refractivity contribution in [2.24, 2.45) is 0 Å². The van der Waals surface area contributed by atoms with Crippen molar-refractivity contribution in [1.29, 1.82) is 0 Å². The number of rotatable bonds is 5. The van der Waals surface area contributed by atoms with Gasteiger partial charge in [0.1, 0.15) is 16.8 Å². The monoisotopic (exact) mass is 549 g/mol. The van der Waals surface area contributed by atoms with Gasteiger partial charge < -0.3 is 9.73 Å². The molecule has 5 aromatic rings. The lowest BCUT2D eigenvalue weighted by Crippen LogP contribution is -2.34. The zero-order chi connectivity index (χ0) is 26.1. The van der Waals surface area contributed by atoms with Crippen LogP contribution >= 0.6 is 35.4 Å². The first-order chi connectivity index (χ1) is 17.8. The molecule has 2 aromatic heterocycles. The normalized spacial score (nSPS) is 11.0. The molecule has 1 amide bonds. The maximum atomic E-state index is 12.7. The molecule has 5 rings (SSSR count). The van der Waals surface area contributed by atoms with Gasteiger partial charge in [0.25, 0.3) is 5.91 Å². The van der Waals surface area contributed by atoms with Crippen LogP contribution in [0.15, 0.2) is 71.1 Å². The summed E-state index contributed by atoms with van der Waals surface area (Å²) in [7, 11) is 0. The Morgan fingerprint density at radius 2 is 1.73 bits per heavy atom. The van der Waals surface area contributed by atoms with Crippen LogP contribution in [0.5, 0.6) is 0 Å². The van der Waals surface area contributed by atoms with Crippen LogP contribution in [0.4, 0.5) is 5.69 Å². The van der Waals surface area contributed by atoms with Crippen molar-refractivity contribution in [3.05, 3.63) is 93.7 Å². The van der Waals surface area contributed by atoms with Gasteiger partial charge in [0, 0.05) is 16.3 Å². The lowest BCUT2D eigenvalue weighted by Gasteiger charge is -2.11. The molecule has 3 aromatic carbocycles. The van der Waals surface area contributed by atoms with Crippen molar-refractivity contribution in [2.45, 2.75) is 20.3 Å². The minimum Gasteiger partial charge on any atom is -0.451 e. The summed E-state index contributed by atoms with van der Waals surface area (Å²) >= 11 is 17.6. The molecule has 0 aliphatic heterocycles. The zero-order valence-electron chi connectivity index (χ0n) is 19.9. The molecule has 0 saturated heterocycles. The number of furan rings is 1. The molecule has 0 aliphatic rings. The van der Waals surface area contributed by atoms with Gasteiger partial charge in [0.2, 0.25) is 0 Å². The Hall–Kier alpha value is -3.72. The Morgan fingerprint density at radius 1 is 1.00 bits per heavy atom. The van der Waals surface area contributed by atoms with Gasteiger partial charge in [-0.2, -0.15) is 4.80 Å². The molecule has 0 saturated carbocycles. The lowest BCUT2D eigenvalue weighted by atomic mass is 10.2. The van der Waals surface area contributed by atoms with Crippen LogP contribution < -0.4 is 10.6 Å². The summed E-state index contributed by atoms with van der Waals surface area (Å²) in [5.74, 6) is 0.0443. The average molecular weight is 550 g/mol. The molecule has 0 spiro atoms. The van der Waals surface area contributed by atoms with Crippen LogP contribution in [0.25, 0.3) is 28.0 Å². The summed E-state index contributed by atoms with van der Waals surface area (Å²) in [4.78, 5) is 14.3. The van der Waals surface area contributed by atoms with Crippen LogP contribution in [0.2, 0.25) is 10.0 Å². The molecule has 186 valence electrons. The highest BCUT2D eigenvalue weighted by Gasteiger charge is 2.16. The van der Waals surface area contributed by atoms with Gasteiger partial charge in [-0.1, -0.05) is 42.3 Å². The average Bonchev–Trinajstić information content (AvgIpc) is 3.52. The predicted octanol–water partition coefficient (Wildman–Crippen LogP) is 6.98. The van der Waals surface area contributed by atoms with Crippen LogP contribution in [-0.4, -0.2) is 26.0 Å². The Morgan fingerprint density at radius 3 is 2.43 bits per heavy atom. The van der Waals surface area contributed by atoms with Crippen molar-refractivity contribution in [3.63, 3.8) is 0 Å². The predicted molar refractivity (Wildman–Crippen MR) is 151 cm³/mol. The van der Waals surface area contributed by atoms with E-state index in [9.17, 15) is 4.79 Å². The van der Waals surface area contributed by atoms with Gasteiger partial charge in [0.15, 0.2) is 10.9 Å². The maximum absolute atomic E-state index is 12.7. The van der Waals surface area contributed by atoms with Crippen molar-refractivity contribution in [2.75, 3.05) is 5.32 Å². The second-order valence-corrected chi connectivity index (χ2v) is 9.61. The molecule has 0 unspecified atom stereocenters. The summed E-state index contributed by atoms with van der Waals surface area (Å²) in [6.45, 7) is 4.04. The Labute approximate surface area is 228 Å². The minimum atomic E-state index is -0.492. The largest absolute Gasteiger partial charge is 0.451 e. The highest BCUT2D eigenvalue weighted by Crippen LogP contribution is 2.31. The number of hydrogen-bond acceptors (Lipinski definition) is 5. The smallest absolute Gasteiger partial charge is 0.293 e. The van der Waals surface area contributed by atoms with E-state index in [0.717, 1.165) is 23.2 Å². The number of anilines is 1. The third kappa shape index (κ3) is 5.36. The van der Waals surface area contributed by atoms with Gasteiger partial charge in [-0.3, -0.25) is 10.1 Å². The quantitative estimate of drug-likeness (QED) is 0.230. The SMILES string of the molecule is CCc1ccc(-n2nc3cc(C)c(NC(=S)NC(=O)c4ccc(-c5ccc(Cl)cc5Cl)o4)cc3n2)cc1. The Bertz CT molecular complexity index is 1640. The van der Waals surface area contributed by atoms with E-state index in [-0.39, 0.29) is 10.9 Å². The number of fused-ring (bicyclic) bond motifs is 1. The number of amides is 1. The molecule has 2 N–H and O–H groups in total. The standard InChI is InChI=1S/C27H21Cl2N5O2S/c1-3-16-4-7-18(8-5-16)34-32-22-12-15(2)21(14-23(22)33-34)30-27(37)31-26(35)25-11-10-24(36-25)19-9-6-17(28)13-20(19)29/h4-14H,3H2,1-2H3,(H2,30,31,35,37). The molecule has 0 radical (unpaired) electrons. The number of carbonyl (C=O) groups excluding carboxylic acids is 1. The highest BCUT2D eigenvalue weighted by atomic mass is 35.5. The Balaban J connectivity index is 1.29. The van der Waals surface area contributed by atoms with Gasteiger partial charge >= 0.3 is 0 Å². The molecule has 0 aliphatic carbocycles. The lowest BCUT2D eigenvalue weighted by molar-refractivity contribution is 0.0951. The molecule has 10 heteroatoms. The second-order valence-electron chi connectivity index (χ2n) is 8.36. The van der Waals surface area contributed by atoms with Gasteiger partial charge in [0.05, 0.1) is 10.7 Å². The summed E-state index contributed by atoms with van der Waals surface area (Å²) in [6.07, 6.45) is 0.969. The van der Waals surface area contributed by atoms with E-state index < -0.39 is 5.91 Å². The first kappa shape index (κ1) is 25.0. The number of aryl methyl sites for hydroxylation is 2. The van der Waals surface area contributed by atoms with E-state index in [1.165, 1.54) is 5.56 Å². The molecule has 37 heavy (non-hydrogen) atoms. The molecule has 2 heterocycles.